The van der Waals surface area contributed by atoms with Crippen LogP contribution < -0.4 is 23.7 Å². The highest BCUT2D eigenvalue weighted by Crippen LogP contribution is 2.40. The van der Waals surface area contributed by atoms with Gasteiger partial charge in [0.15, 0.2) is 11.5 Å². The largest absolute Gasteiger partial charge is 0.497 e. The first-order chi connectivity index (χ1) is 15.4. The van der Waals surface area contributed by atoms with Gasteiger partial charge in [-0.2, -0.15) is 0 Å². The van der Waals surface area contributed by atoms with Crippen LogP contribution >= 0.6 is 0 Å². The molecule has 0 bridgehead atoms. The molecular formula is C23H24N2O6S. The van der Waals surface area contributed by atoms with Crippen molar-refractivity contribution in [2.24, 2.45) is 0 Å². The second-order valence-corrected chi connectivity index (χ2v) is 8.22. The van der Waals surface area contributed by atoms with Crippen molar-refractivity contribution in [1.29, 1.82) is 0 Å². The summed E-state index contributed by atoms with van der Waals surface area (Å²) in [7, 11) is 1.86. The molecule has 0 aliphatic rings. The number of nitrogens with one attached hydrogen (secondary N) is 1. The molecule has 0 saturated heterocycles. The summed E-state index contributed by atoms with van der Waals surface area (Å²) in [6.45, 7) is 0. The first-order valence-electron chi connectivity index (χ1n) is 9.50. The van der Waals surface area contributed by atoms with Crippen LogP contribution in [0.1, 0.15) is 11.1 Å². The average Bonchev–Trinajstić information content (AvgIpc) is 2.82. The molecule has 3 rings (SSSR count). The van der Waals surface area contributed by atoms with E-state index in [0.29, 0.717) is 22.7 Å². The van der Waals surface area contributed by atoms with E-state index in [1.165, 1.54) is 33.5 Å². The number of sulfonamides is 1. The summed E-state index contributed by atoms with van der Waals surface area (Å²) in [6.07, 6.45) is 7.01. The quantitative estimate of drug-likeness (QED) is 0.518. The van der Waals surface area contributed by atoms with Gasteiger partial charge in [-0.3, -0.25) is 9.71 Å². The first kappa shape index (κ1) is 23.0. The lowest BCUT2D eigenvalue weighted by Crippen LogP contribution is -2.14. The Balaban J connectivity index is 2.01. The Morgan fingerprint density at radius 2 is 1.47 bits per heavy atom. The summed E-state index contributed by atoms with van der Waals surface area (Å²) in [5, 5.41) is 0. The number of aromatic nitrogens is 1. The SMILES string of the molecule is COc1ccc(NS(=O)(=O)c2cc(OC)c(OC)c(OC)c2)c(C=Cc2ccncc2)c1. The monoisotopic (exact) mass is 456 g/mol. The lowest BCUT2D eigenvalue weighted by molar-refractivity contribution is 0.323. The Hall–Kier alpha value is -3.72. The zero-order chi connectivity index (χ0) is 23.1. The summed E-state index contributed by atoms with van der Waals surface area (Å²) >= 11 is 0. The van der Waals surface area contributed by atoms with Gasteiger partial charge in [0.2, 0.25) is 5.75 Å². The molecule has 0 fully saturated rings. The fourth-order valence-corrected chi connectivity index (χ4v) is 4.09. The molecule has 0 aliphatic carbocycles. The molecule has 2 aromatic carbocycles. The fourth-order valence-electron chi connectivity index (χ4n) is 2.98. The van der Waals surface area contributed by atoms with Gasteiger partial charge < -0.3 is 18.9 Å². The maximum Gasteiger partial charge on any atom is 0.262 e. The maximum atomic E-state index is 13.2. The van der Waals surface area contributed by atoms with Crippen molar-refractivity contribution in [3.63, 3.8) is 0 Å². The molecule has 0 spiro atoms. The fraction of sp³-hybridized carbons (Fsp3) is 0.174. The van der Waals surface area contributed by atoms with Crippen molar-refractivity contribution >= 4 is 27.9 Å². The van der Waals surface area contributed by atoms with Gasteiger partial charge in [-0.25, -0.2) is 8.42 Å². The molecule has 0 radical (unpaired) electrons. The molecule has 0 unspecified atom stereocenters. The number of rotatable bonds is 9. The van der Waals surface area contributed by atoms with Crippen molar-refractivity contribution in [3.05, 3.63) is 66.0 Å². The number of hydrogen-bond donors (Lipinski definition) is 1. The lowest BCUT2D eigenvalue weighted by Gasteiger charge is -2.16. The van der Waals surface area contributed by atoms with E-state index >= 15 is 0 Å². The second kappa shape index (κ2) is 10.1. The average molecular weight is 457 g/mol. The Bertz CT molecular complexity index is 1190. The third-order valence-corrected chi connectivity index (χ3v) is 5.96. The third kappa shape index (κ3) is 5.12. The van der Waals surface area contributed by atoms with Gasteiger partial charge in [0.25, 0.3) is 10.0 Å². The number of nitrogens with zero attached hydrogens (tertiary/aromatic N) is 1. The van der Waals surface area contributed by atoms with Gasteiger partial charge in [-0.15, -0.1) is 0 Å². The summed E-state index contributed by atoms with van der Waals surface area (Å²) in [5.41, 5.74) is 1.92. The van der Waals surface area contributed by atoms with Crippen molar-refractivity contribution in [2.45, 2.75) is 4.90 Å². The van der Waals surface area contributed by atoms with Crippen LogP contribution in [0.4, 0.5) is 5.69 Å². The number of pyridine rings is 1. The highest BCUT2D eigenvalue weighted by Gasteiger charge is 2.22. The van der Waals surface area contributed by atoms with E-state index in [1.54, 1.807) is 43.8 Å². The van der Waals surface area contributed by atoms with E-state index in [-0.39, 0.29) is 16.4 Å². The molecule has 1 N–H and O–H groups in total. The molecule has 1 aromatic heterocycles. The Morgan fingerprint density at radius 3 is 2.03 bits per heavy atom. The predicted molar refractivity (Wildman–Crippen MR) is 123 cm³/mol. The van der Waals surface area contributed by atoms with Gasteiger partial charge in [-0.1, -0.05) is 12.2 Å². The minimum atomic E-state index is -3.98. The zero-order valence-electron chi connectivity index (χ0n) is 18.2. The van der Waals surface area contributed by atoms with Crippen LogP contribution in [0.5, 0.6) is 23.0 Å². The van der Waals surface area contributed by atoms with Crippen LogP contribution in [0.2, 0.25) is 0 Å². The highest BCUT2D eigenvalue weighted by molar-refractivity contribution is 7.92. The van der Waals surface area contributed by atoms with Gasteiger partial charge in [0.05, 0.1) is 39.0 Å². The standard InChI is InChI=1S/C23H24N2O6S/c1-28-18-7-8-20(17(13-18)6-5-16-9-11-24-12-10-16)25-32(26,27)19-14-21(29-2)23(31-4)22(15-19)30-3/h5-15,25H,1-4H3. The van der Waals surface area contributed by atoms with E-state index in [9.17, 15) is 8.42 Å². The van der Waals surface area contributed by atoms with Crippen LogP contribution in [0.25, 0.3) is 12.2 Å². The van der Waals surface area contributed by atoms with Crippen LogP contribution in [0.15, 0.2) is 59.8 Å². The van der Waals surface area contributed by atoms with E-state index in [0.717, 1.165) is 5.56 Å². The first-order valence-corrected chi connectivity index (χ1v) is 11.0. The molecule has 8 nitrogen and oxygen atoms in total. The molecule has 0 saturated carbocycles. The van der Waals surface area contributed by atoms with Crippen molar-refractivity contribution in [2.75, 3.05) is 33.2 Å². The van der Waals surface area contributed by atoms with Gasteiger partial charge >= 0.3 is 0 Å². The predicted octanol–water partition coefficient (Wildman–Crippen LogP) is 4.09. The van der Waals surface area contributed by atoms with Gasteiger partial charge in [0.1, 0.15) is 5.75 Å². The highest BCUT2D eigenvalue weighted by atomic mass is 32.2. The second-order valence-electron chi connectivity index (χ2n) is 6.53. The third-order valence-electron chi connectivity index (χ3n) is 4.61. The normalized spacial score (nSPS) is 11.2. The Labute approximate surface area is 187 Å². The van der Waals surface area contributed by atoms with E-state index in [2.05, 4.69) is 9.71 Å². The minimum absolute atomic E-state index is 0.0353. The number of hydrogen-bond acceptors (Lipinski definition) is 7. The number of anilines is 1. The molecule has 9 heteroatoms. The Kier molecular flexibility index (Phi) is 7.21. The van der Waals surface area contributed by atoms with Crippen LogP contribution in [-0.2, 0) is 10.0 Å². The minimum Gasteiger partial charge on any atom is -0.497 e. The van der Waals surface area contributed by atoms with E-state index in [1.807, 2.05) is 18.2 Å². The topological polar surface area (TPSA) is 96.0 Å². The van der Waals surface area contributed by atoms with Crippen LogP contribution in [0.3, 0.4) is 0 Å². The molecule has 0 amide bonds. The van der Waals surface area contributed by atoms with Crippen molar-refractivity contribution < 1.29 is 27.4 Å². The van der Waals surface area contributed by atoms with Crippen LogP contribution in [-0.4, -0.2) is 41.8 Å². The molecule has 0 atom stereocenters. The Morgan fingerprint density at radius 1 is 0.812 bits per heavy atom. The number of ether oxygens (including phenoxy) is 4. The molecule has 3 aromatic rings. The van der Waals surface area contributed by atoms with Gasteiger partial charge in [-0.05, 0) is 35.9 Å². The van der Waals surface area contributed by atoms with Crippen LogP contribution in [0, 0.1) is 0 Å². The van der Waals surface area contributed by atoms with Gasteiger partial charge in [0, 0.05) is 30.1 Å². The molecule has 168 valence electrons. The summed E-state index contributed by atoms with van der Waals surface area (Å²) in [5.74, 6) is 1.37. The number of benzene rings is 2. The molecule has 32 heavy (non-hydrogen) atoms. The lowest BCUT2D eigenvalue weighted by atomic mass is 10.1. The van der Waals surface area contributed by atoms with Crippen molar-refractivity contribution in [1.82, 2.24) is 4.98 Å². The smallest absolute Gasteiger partial charge is 0.262 e. The maximum absolute atomic E-state index is 13.2. The van der Waals surface area contributed by atoms with E-state index < -0.39 is 10.0 Å². The number of methoxy groups -OCH3 is 4. The molecule has 1 heterocycles. The zero-order valence-corrected chi connectivity index (χ0v) is 19.0. The summed E-state index contributed by atoms with van der Waals surface area (Å²) in [4.78, 5) is 3.96. The van der Waals surface area contributed by atoms with Crippen molar-refractivity contribution in [3.8, 4) is 23.0 Å². The van der Waals surface area contributed by atoms with E-state index in [4.69, 9.17) is 18.9 Å². The molecular weight excluding hydrogens is 432 g/mol. The summed E-state index contributed by atoms with van der Waals surface area (Å²) in [6, 6.07) is 11.5. The molecule has 0 aliphatic heterocycles. The summed E-state index contributed by atoms with van der Waals surface area (Å²) < 4.78 is 50.1.